The van der Waals surface area contributed by atoms with E-state index in [1.54, 1.807) is 0 Å². The molecule has 0 atom stereocenters. The molecule has 2 N–H and O–H groups in total. The number of nitrogens with one attached hydrogen (secondary N) is 1. The average Bonchev–Trinajstić information content (AvgIpc) is 2.49. The Kier molecular flexibility index (Phi) is 4.42. The van der Waals surface area contributed by atoms with Gasteiger partial charge in [0.2, 0.25) is 0 Å². The van der Waals surface area contributed by atoms with Crippen molar-refractivity contribution in [2.24, 2.45) is 5.11 Å². The largest absolute Gasteiger partial charge is 0.507 e. The Bertz CT molecular complexity index is 799. The first-order chi connectivity index (χ1) is 10.8. The zero-order valence-corrected chi connectivity index (χ0v) is 11.4. The predicted molar refractivity (Wildman–Crippen MR) is 76.3 cm³/mol. The molecule has 0 heterocycles. The van der Waals surface area contributed by atoms with Gasteiger partial charge in [-0.3, -0.25) is 4.79 Å². The van der Waals surface area contributed by atoms with Crippen molar-refractivity contribution in [2.75, 3.05) is 5.32 Å². The number of hydrogen-bond donors (Lipinski definition) is 2. The molecule has 2 aromatic rings. The van der Waals surface area contributed by atoms with E-state index in [1.807, 2.05) is 0 Å². The van der Waals surface area contributed by atoms with Crippen molar-refractivity contribution < 1.29 is 23.1 Å². The standard InChI is InChI=1S/C14H9F3N4O2/c15-14(16,17)8-2-1-3-9(6-8)19-13(23)11-7-10(20-21-18)4-5-12(11)22/h1-7,22H,(H,19,23). The number of azide groups is 1. The molecule has 0 radical (unpaired) electrons. The first-order valence-corrected chi connectivity index (χ1v) is 6.18. The van der Waals surface area contributed by atoms with E-state index in [0.29, 0.717) is 0 Å². The fourth-order valence-corrected chi connectivity index (χ4v) is 1.79. The van der Waals surface area contributed by atoms with Crippen LogP contribution in [0, 0.1) is 0 Å². The van der Waals surface area contributed by atoms with Gasteiger partial charge in [-0.05, 0) is 41.9 Å². The number of hydrogen-bond acceptors (Lipinski definition) is 3. The number of aromatic hydroxyl groups is 1. The van der Waals surface area contributed by atoms with Crippen LogP contribution in [0.15, 0.2) is 47.6 Å². The van der Waals surface area contributed by atoms with Crippen molar-refractivity contribution in [1.29, 1.82) is 0 Å². The Hall–Kier alpha value is -3.19. The van der Waals surface area contributed by atoms with Crippen LogP contribution in [0.1, 0.15) is 15.9 Å². The fourth-order valence-electron chi connectivity index (χ4n) is 1.79. The van der Waals surface area contributed by atoms with Crippen LogP contribution in [0.2, 0.25) is 0 Å². The Morgan fingerprint density at radius 2 is 1.96 bits per heavy atom. The number of alkyl halides is 3. The summed E-state index contributed by atoms with van der Waals surface area (Å²) in [6, 6.07) is 7.62. The third kappa shape index (κ3) is 3.92. The number of carbonyl (C=O) groups is 1. The van der Waals surface area contributed by atoms with E-state index in [0.717, 1.165) is 30.3 Å². The van der Waals surface area contributed by atoms with Crippen molar-refractivity contribution in [3.63, 3.8) is 0 Å². The Morgan fingerprint density at radius 1 is 1.22 bits per heavy atom. The van der Waals surface area contributed by atoms with E-state index in [2.05, 4.69) is 15.3 Å². The zero-order valence-electron chi connectivity index (χ0n) is 11.4. The molecule has 0 aromatic heterocycles. The predicted octanol–water partition coefficient (Wildman–Crippen LogP) is 4.61. The molecular formula is C14H9F3N4O2. The number of nitrogens with zero attached hydrogens (tertiary/aromatic N) is 3. The summed E-state index contributed by atoms with van der Waals surface area (Å²) in [7, 11) is 0. The normalized spacial score (nSPS) is 10.7. The van der Waals surface area contributed by atoms with E-state index in [1.165, 1.54) is 12.1 Å². The maximum atomic E-state index is 12.6. The summed E-state index contributed by atoms with van der Waals surface area (Å²) in [6.45, 7) is 0. The second-order valence-electron chi connectivity index (χ2n) is 4.42. The quantitative estimate of drug-likeness (QED) is 0.490. The summed E-state index contributed by atoms with van der Waals surface area (Å²) in [4.78, 5) is 14.6. The second-order valence-corrected chi connectivity index (χ2v) is 4.42. The van der Waals surface area contributed by atoms with Gasteiger partial charge < -0.3 is 10.4 Å². The molecule has 0 saturated carbocycles. The lowest BCUT2D eigenvalue weighted by Crippen LogP contribution is -2.13. The number of phenols is 1. The molecule has 23 heavy (non-hydrogen) atoms. The maximum absolute atomic E-state index is 12.6. The molecule has 0 aliphatic rings. The lowest BCUT2D eigenvalue weighted by Gasteiger charge is -2.10. The molecule has 0 saturated heterocycles. The van der Waals surface area contributed by atoms with Gasteiger partial charge in [-0.1, -0.05) is 11.2 Å². The summed E-state index contributed by atoms with van der Waals surface area (Å²) in [5.41, 5.74) is 7.20. The van der Waals surface area contributed by atoms with Gasteiger partial charge in [-0.25, -0.2) is 0 Å². The number of carbonyl (C=O) groups excluding carboxylic acids is 1. The van der Waals surface area contributed by atoms with E-state index in [4.69, 9.17) is 5.53 Å². The van der Waals surface area contributed by atoms with Crippen molar-refractivity contribution in [3.8, 4) is 5.75 Å². The number of anilines is 1. The van der Waals surface area contributed by atoms with Crippen LogP contribution in [0.4, 0.5) is 24.5 Å². The van der Waals surface area contributed by atoms with Gasteiger partial charge in [-0.2, -0.15) is 13.2 Å². The fraction of sp³-hybridized carbons (Fsp3) is 0.0714. The van der Waals surface area contributed by atoms with Crippen molar-refractivity contribution in [3.05, 3.63) is 64.0 Å². The van der Waals surface area contributed by atoms with Gasteiger partial charge in [-0.15, -0.1) is 0 Å². The first kappa shape index (κ1) is 16.2. The molecule has 9 heteroatoms. The minimum atomic E-state index is -4.54. The van der Waals surface area contributed by atoms with Crippen LogP contribution in [0.3, 0.4) is 0 Å². The van der Waals surface area contributed by atoms with Crippen LogP contribution >= 0.6 is 0 Å². The Morgan fingerprint density at radius 3 is 2.61 bits per heavy atom. The summed E-state index contributed by atoms with van der Waals surface area (Å²) in [6.07, 6.45) is -4.54. The van der Waals surface area contributed by atoms with E-state index in [9.17, 15) is 23.1 Å². The third-order valence-electron chi connectivity index (χ3n) is 2.83. The van der Waals surface area contributed by atoms with Gasteiger partial charge in [0.05, 0.1) is 11.1 Å². The highest BCUT2D eigenvalue weighted by Gasteiger charge is 2.30. The topological polar surface area (TPSA) is 98.1 Å². The summed E-state index contributed by atoms with van der Waals surface area (Å²) < 4.78 is 37.9. The first-order valence-electron chi connectivity index (χ1n) is 6.18. The SMILES string of the molecule is [N-]=[N+]=Nc1ccc(O)c(C(=O)Nc2cccc(C(F)(F)F)c2)c1. The maximum Gasteiger partial charge on any atom is 0.416 e. The minimum Gasteiger partial charge on any atom is -0.507 e. The highest BCUT2D eigenvalue weighted by atomic mass is 19.4. The third-order valence-corrected chi connectivity index (χ3v) is 2.83. The van der Waals surface area contributed by atoms with Crippen molar-refractivity contribution in [2.45, 2.75) is 6.18 Å². The number of phenolic OH excluding ortho intramolecular Hbond substituents is 1. The van der Waals surface area contributed by atoms with E-state index >= 15 is 0 Å². The minimum absolute atomic E-state index is 0.0829. The highest BCUT2D eigenvalue weighted by molar-refractivity contribution is 6.06. The van der Waals surface area contributed by atoms with Crippen LogP contribution < -0.4 is 5.32 Å². The summed E-state index contributed by atoms with van der Waals surface area (Å²) in [5.74, 6) is -1.23. The zero-order chi connectivity index (χ0) is 17.0. The van der Waals surface area contributed by atoms with Crippen LogP contribution in [-0.4, -0.2) is 11.0 Å². The van der Waals surface area contributed by atoms with Gasteiger partial charge in [0.1, 0.15) is 5.75 Å². The van der Waals surface area contributed by atoms with Crippen molar-refractivity contribution in [1.82, 2.24) is 0 Å². The van der Waals surface area contributed by atoms with Crippen molar-refractivity contribution >= 4 is 17.3 Å². The second kappa shape index (κ2) is 6.29. The van der Waals surface area contributed by atoms with Gasteiger partial charge >= 0.3 is 6.18 Å². The van der Waals surface area contributed by atoms with Gasteiger partial charge in [0.15, 0.2) is 0 Å². The lowest BCUT2D eigenvalue weighted by atomic mass is 10.1. The number of amides is 1. The Labute approximate surface area is 127 Å². The van der Waals surface area contributed by atoms with Crippen LogP contribution in [0.5, 0.6) is 5.75 Å². The molecule has 0 aliphatic heterocycles. The molecule has 118 valence electrons. The van der Waals surface area contributed by atoms with Gasteiger partial charge in [0, 0.05) is 16.3 Å². The molecular weight excluding hydrogens is 313 g/mol. The number of rotatable bonds is 3. The molecule has 6 nitrogen and oxygen atoms in total. The molecule has 0 aliphatic carbocycles. The molecule has 0 bridgehead atoms. The van der Waals surface area contributed by atoms with Crippen LogP contribution in [-0.2, 0) is 6.18 Å². The molecule has 0 spiro atoms. The highest BCUT2D eigenvalue weighted by Crippen LogP contribution is 2.31. The molecule has 2 rings (SSSR count). The monoisotopic (exact) mass is 322 g/mol. The lowest BCUT2D eigenvalue weighted by molar-refractivity contribution is -0.137. The summed E-state index contributed by atoms with van der Waals surface area (Å²) in [5, 5.41) is 15.2. The number of halogens is 3. The Balaban J connectivity index is 2.29. The van der Waals surface area contributed by atoms with E-state index < -0.39 is 23.4 Å². The summed E-state index contributed by atoms with van der Waals surface area (Å²) >= 11 is 0. The number of benzene rings is 2. The average molecular weight is 322 g/mol. The smallest absolute Gasteiger partial charge is 0.416 e. The molecule has 1 amide bonds. The molecule has 0 fully saturated rings. The molecule has 2 aromatic carbocycles. The van der Waals surface area contributed by atoms with Gasteiger partial charge in [0.25, 0.3) is 5.91 Å². The molecule has 0 unspecified atom stereocenters. The van der Waals surface area contributed by atoms with E-state index in [-0.39, 0.29) is 16.9 Å². The van der Waals surface area contributed by atoms with Crippen LogP contribution in [0.25, 0.3) is 10.4 Å².